The minimum Gasteiger partial charge on any atom is -0.481 e. The molecule has 1 fully saturated rings. The van der Waals surface area contributed by atoms with Crippen molar-refractivity contribution in [3.63, 3.8) is 0 Å². The summed E-state index contributed by atoms with van der Waals surface area (Å²) in [6.45, 7) is 5.61. The lowest BCUT2D eigenvalue weighted by Gasteiger charge is -2.33. The number of amides is 1. The van der Waals surface area contributed by atoms with Crippen molar-refractivity contribution < 1.29 is 19.4 Å². The Bertz CT molecular complexity index is 293. The molecule has 1 N–H and O–H groups in total. The van der Waals surface area contributed by atoms with Gasteiger partial charge in [-0.05, 0) is 5.92 Å². The van der Waals surface area contributed by atoms with E-state index in [0.29, 0.717) is 32.0 Å². The average Bonchev–Trinajstić information content (AvgIpc) is 2.28. The number of ether oxygens (including phenoxy) is 1. The Morgan fingerprint density at radius 1 is 1.50 bits per heavy atom. The summed E-state index contributed by atoms with van der Waals surface area (Å²) in [5, 5.41) is 8.72. The standard InChI is InChI=1S/C13H23NO4/c1-3-4-10(2)7-12(15)14-5-6-18-11(9-14)8-13(16)17/h10-11H,3-9H2,1-2H3,(H,16,17). The molecule has 0 radical (unpaired) electrons. The van der Waals surface area contributed by atoms with Crippen LogP contribution in [0.15, 0.2) is 0 Å². The van der Waals surface area contributed by atoms with E-state index in [2.05, 4.69) is 13.8 Å². The summed E-state index contributed by atoms with van der Waals surface area (Å²) < 4.78 is 5.35. The monoisotopic (exact) mass is 257 g/mol. The van der Waals surface area contributed by atoms with Crippen molar-refractivity contribution in [1.29, 1.82) is 0 Å². The number of carboxylic acids is 1. The third kappa shape index (κ3) is 5.04. The number of rotatable bonds is 6. The van der Waals surface area contributed by atoms with Crippen LogP contribution in [0.25, 0.3) is 0 Å². The van der Waals surface area contributed by atoms with Crippen LogP contribution in [0.4, 0.5) is 0 Å². The fraction of sp³-hybridized carbons (Fsp3) is 0.846. The molecule has 0 spiro atoms. The van der Waals surface area contributed by atoms with Crippen molar-refractivity contribution in [2.45, 2.75) is 45.6 Å². The molecule has 0 aromatic rings. The highest BCUT2D eigenvalue weighted by Gasteiger charge is 2.26. The normalized spacial score (nSPS) is 21.7. The van der Waals surface area contributed by atoms with Crippen LogP contribution in [-0.4, -0.2) is 47.7 Å². The van der Waals surface area contributed by atoms with E-state index >= 15 is 0 Å². The molecule has 1 aliphatic heterocycles. The minimum atomic E-state index is -0.881. The highest BCUT2D eigenvalue weighted by molar-refractivity contribution is 5.76. The molecule has 1 rings (SSSR count). The van der Waals surface area contributed by atoms with Gasteiger partial charge in [-0.25, -0.2) is 0 Å². The van der Waals surface area contributed by atoms with Gasteiger partial charge < -0.3 is 14.7 Å². The number of hydrogen-bond donors (Lipinski definition) is 1. The van der Waals surface area contributed by atoms with Crippen molar-refractivity contribution in [2.75, 3.05) is 19.7 Å². The number of carbonyl (C=O) groups is 2. The summed E-state index contributed by atoms with van der Waals surface area (Å²) in [6.07, 6.45) is 2.29. The second-order valence-electron chi connectivity index (χ2n) is 5.03. The van der Waals surface area contributed by atoms with E-state index in [1.54, 1.807) is 4.90 Å². The molecule has 2 unspecified atom stereocenters. The van der Waals surface area contributed by atoms with E-state index in [1.807, 2.05) is 0 Å². The Morgan fingerprint density at radius 3 is 2.83 bits per heavy atom. The Kier molecular flexibility index (Phi) is 6.12. The first-order valence-corrected chi connectivity index (χ1v) is 6.64. The Balaban J connectivity index is 2.40. The molecule has 1 heterocycles. The van der Waals surface area contributed by atoms with Gasteiger partial charge in [0, 0.05) is 19.5 Å². The summed E-state index contributed by atoms with van der Waals surface area (Å²) in [7, 11) is 0. The fourth-order valence-corrected chi connectivity index (χ4v) is 2.29. The molecule has 0 aliphatic carbocycles. The minimum absolute atomic E-state index is 0.0334. The van der Waals surface area contributed by atoms with Crippen molar-refractivity contribution in [3.05, 3.63) is 0 Å². The quantitative estimate of drug-likeness (QED) is 0.783. The van der Waals surface area contributed by atoms with Gasteiger partial charge in [0.05, 0.1) is 19.1 Å². The average molecular weight is 257 g/mol. The predicted octanol–water partition coefficient (Wildman–Crippen LogP) is 1.51. The molecule has 5 nitrogen and oxygen atoms in total. The molecule has 2 atom stereocenters. The maximum Gasteiger partial charge on any atom is 0.306 e. The molecule has 1 aliphatic rings. The number of nitrogens with zero attached hydrogens (tertiary/aromatic N) is 1. The molecule has 1 saturated heterocycles. The van der Waals surface area contributed by atoms with Crippen molar-refractivity contribution in [3.8, 4) is 0 Å². The van der Waals surface area contributed by atoms with Crippen LogP contribution in [0, 0.1) is 5.92 Å². The summed E-state index contributed by atoms with van der Waals surface area (Å²) in [6, 6.07) is 0. The second kappa shape index (κ2) is 7.36. The SMILES string of the molecule is CCCC(C)CC(=O)N1CCOC(CC(=O)O)C1. The zero-order valence-corrected chi connectivity index (χ0v) is 11.2. The summed E-state index contributed by atoms with van der Waals surface area (Å²) in [4.78, 5) is 24.4. The van der Waals surface area contributed by atoms with Gasteiger partial charge in [0.25, 0.3) is 0 Å². The van der Waals surface area contributed by atoms with E-state index < -0.39 is 5.97 Å². The number of aliphatic carboxylic acids is 1. The van der Waals surface area contributed by atoms with Crippen LogP contribution in [0.3, 0.4) is 0 Å². The molecule has 1 amide bonds. The Labute approximate surface area is 108 Å². The first kappa shape index (κ1) is 15.0. The van der Waals surface area contributed by atoms with Gasteiger partial charge in [0.15, 0.2) is 0 Å². The van der Waals surface area contributed by atoms with E-state index in [9.17, 15) is 9.59 Å². The van der Waals surface area contributed by atoms with Crippen molar-refractivity contribution in [2.24, 2.45) is 5.92 Å². The molecule has 0 aromatic carbocycles. The Morgan fingerprint density at radius 2 is 2.22 bits per heavy atom. The van der Waals surface area contributed by atoms with E-state index in [4.69, 9.17) is 9.84 Å². The van der Waals surface area contributed by atoms with E-state index in [0.717, 1.165) is 12.8 Å². The van der Waals surface area contributed by atoms with Crippen molar-refractivity contribution in [1.82, 2.24) is 4.90 Å². The summed E-state index contributed by atoms with van der Waals surface area (Å²) in [5.74, 6) is -0.369. The topological polar surface area (TPSA) is 66.8 Å². The molecular formula is C13H23NO4. The second-order valence-corrected chi connectivity index (χ2v) is 5.03. The number of carboxylic acid groups (broad SMARTS) is 1. The molecule has 0 bridgehead atoms. The molecule has 104 valence electrons. The van der Waals surface area contributed by atoms with Gasteiger partial charge in [-0.3, -0.25) is 9.59 Å². The lowest BCUT2D eigenvalue weighted by molar-refractivity contribution is -0.148. The van der Waals surface area contributed by atoms with Crippen LogP contribution in [0.5, 0.6) is 0 Å². The molecular weight excluding hydrogens is 234 g/mol. The number of carbonyl (C=O) groups excluding carboxylic acids is 1. The molecule has 5 heteroatoms. The number of hydrogen-bond acceptors (Lipinski definition) is 3. The lowest BCUT2D eigenvalue weighted by Crippen LogP contribution is -2.46. The number of morpholine rings is 1. The van der Waals surface area contributed by atoms with E-state index in [-0.39, 0.29) is 18.4 Å². The molecule has 18 heavy (non-hydrogen) atoms. The summed E-state index contributed by atoms with van der Waals surface area (Å²) in [5.41, 5.74) is 0. The van der Waals surface area contributed by atoms with Gasteiger partial charge in [0.1, 0.15) is 0 Å². The van der Waals surface area contributed by atoms with Gasteiger partial charge in [-0.1, -0.05) is 26.7 Å². The maximum absolute atomic E-state index is 12.0. The van der Waals surface area contributed by atoms with Gasteiger partial charge in [-0.15, -0.1) is 0 Å². The van der Waals surface area contributed by atoms with Gasteiger partial charge in [0.2, 0.25) is 5.91 Å². The van der Waals surface area contributed by atoms with Crippen LogP contribution in [0.2, 0.25) is 0 Å². The lowest BCUT2D eigenvalue weighted by atomic mass is 10.0. The maximum atomic E-state index is 12.0. The predicted molar refractivity (Wildman–Crippen MR) is 67.3 cm³/mol. The third-order valence-corrected chi connectivity index (χ3v) is 3.20. The zero-order valence-electron chi connectivity index (χ0n) is 11.2. The van der Waals surface area contributed by atoms with Crippen LogP contribution < -0.4 is 0 Å². The first-order chi connectivity index (χ1) is 8.52. The first-order valence-electron chi connectivity index (χ1n) is 6.64. The third-order valence-electron chi connectivity index (χ3n) is 3.20. The van der Waals surface area contributed by atoms with Gasteiger partial charge in [-0.2, -0.15) is 0 Å². The molecule has 0 aromatic heterocycles. The highest BCUT2D eigenvalue weighted by atomic mass is 16.5. The highest BCUT2D eigenvalue weighted by Crippen LogP contribution is 2.15. The smallest absolute Gasteiger partial charge is 0.306 e. The van der Waals surface area contributed by atoms with Crippen LogP contribution >= 0.6 is 0 Å². The largest absolute Gasteiger partial charge is 0.481 e. The van der Waals surface area contributed by atoms with Crippen LogP contribution in [-0.2, 0) is 14.3 Å². The summed E-state index contributed by atoms with van der Waals surface area (Å²) >= 11 is 0. The van der Waals surface area contributed by atoms with E-state index in [1.165, 1.54) is 0 Å². The Hall–Kier alpha value is -1.10. The molecule has 0 saturated carbocycles. The zero-order chi connectivity index (χ0) is 13.5. The van der Waals surface area contributed by atoms with Gasteiger partial charge >= 0.3 is 5.97 Å². The van der Waals surface area contributed by atoms with Crippen LogP contribution in [0.1, 0.15) is 39.5 Å². The van der Waals surface area contributed by atoms with Crippen molar-refractivity contribution >= 4 is 11.9 Å². The fourth-order valence-electron chi connectivity index (χ4n) is 2.29.